The van der Waals surface area contributed by atoms with Gasteiger partial charge in [0.25, 0.3) is 0 Å². The van der Waals surface area contributed by atoms with Gasteiger partial charge in [-0.3, -0.25) is 0 Å². The summed E-state index contributed by atoms with van der Waals surface area (Å²) >= 11 is 0. The van der Waals surface area contributed by atoms with Crippen LogP contribution in [0.4, 0.5) is 8.78 Å². The molecule has 0 radical (unpaired) electrons. The Balaban J connectivity index is 3.09. The van der Waals surface area contributed by atoms with Crippen molar-refractivity contribution in [2.24, 2.45) is 5.73 Å². The van der Waals surface area contributed by atoms with Crippen LogP contribution in [-0.4, -0.2) is 6.54 Å². The fraction of sp³-hybridized carbons (Fsp3) is 0.333. The summed E-state index contributed by atoms with van der Waals surface area (Å²) in [4.78, 5) is 0. The predicted molar refractivity (Wildman–Crippen MR) is 43.9 cm³/mol. The van der Waals surface area contributed by atoms with E-state index in [0.29, 0.717) is 18.5 Å². The van der Waals surface area contributed by atoms with Crippen LogP contribution in [0.25, 0.3) is 0 Å². The summed E-state index contributed by atoms with van der Waals surface area (Å²) in [5.41, 5.74) is 6.32. The molecule has 0 bridgehead atoms. The van der Waals surface area contributed by atoms with Crippen molar-refractivity contribution >= 4 is 0 Å². The Kier molecular flexibility index (Phi) is 2.76. The quantitative estimate of drug-likeness (QED) is 0.721. The van der Waals surface area contributed by atoms with E-state index in [9.17, 15) is 8.78 Å². The largest absolute Gasteiger partial charge is 0.330 e. The maximum absolute atomic E-state index is 12.9. The van der Waals surface area contributed by atoms with E-state index < -0.39 is 11.6 Å². The van der Waals surface area contributed by atoms with E-state index in [1.165, 1.54) is 6.07 Å². The normalized spacial score (nSPS) is 10.3. The van der Waals surface area contributed by atoms with Crippen LogP contribution >= 0.6 is 0 Å². The number of hydrogen-bond acceptors (Lipinski definition) is 1. The van der Waals surface area contributed by atoms with Gasteiger partial charge in [-0.05, 0) is 37.1 Å². The highest BCUT2D eigenvalue weighted by Gasteiger charge is 2.07. The maximum atomic E-state index is 12.9. The van der Waals surface area contributed by atoms with Gasteiger partial charge in [-0.1, -0.05) is 6.07 Å². The molecule has 0 fully saturated rings. The minimum atomic E-state index is -0.793. The number of benzene rings is 1. The molecule has 2 N–H and O–H groups in total. The molecule has 0 aliphatic rings. The van der Waals surface area contributed by atoms with Gasteiger partial charge < -0.3 is 5.73 Å². The van der Waals surface area contributed by atoms with Crippen molar-refractivity contribution in [3.05, 3.63) is 34.9 Å². The molecule has 1 aromatic carbocycles. The summed E-state index contributed by atoms with van der Waals surface area (Å²) in [6, 6.07) is 2.79. The zero-order chi connectivity index (χ0) is 9.14. The van der Waals surface area contributed by atoms with Gasteiger partial charge in [0.05, 0.1) is 0 Å². The van der Waals surface area contributed by atoms with E-state index in [2.05, 4.69) is 0 Å². The minimum absolute atomic E-state index is 0.333. The van der Waals surface area contributed by atoms with Crippen molar-refractivity contribution in [3.63, 3.8) is 0 Å². The lowest BCUT2D eigenvalue weighted by molar-refractivity contribution is 0.498. The molecule has 1 nitrogen and oxygen atoms in total. The molecular weight excluding hydrogens is 160 g/mol. The highest BCUT2D eigenvalue weighted by molar-refractivity contribution is 5.25. The molecule has 66 valence electrons. The van der Waals surface area contributed by atoms with Crippen LogP contribution < -0.4 is 5.73 Å². The van der Waals surface area contributed by atoms with Gasteiger partial charge in [-0.25, -0.2) is 8.78 Å². The summed E-state index contributed by atoms with van der Waals surface area (Å²) in [7, 11) is 0. The number of rotatable bonds is 2. The van der Waals surface area contributed by atoms with Gasteiger partial charge >= 0.3 is 0 Å². The predicted octanol–water partition coefficient (Wildman–Crippen LogP) is 1.77. The molecular formula is C9H11F2N. The average molecular weight is 171 g/mol. The molecule has 0 atom stereocenters. The van der Waals surface area contributed by atoms with Crippen LogP contribution in [0.2, 0.25) is 0 Å². The molecule has 1 aromatic rings. The van der Waals surface area contributed by atoms with E-state index in [1.54, 1.807) is 13.0 Å². The Morgan fingerprint density at radius 2 is 2.00 bits per heavy atom. The van der Waals surface area contributed by atoms with E-state index in [0.717, 1.165) is 5.56 Å². The van der Waals surface area contributed by atoms with Crippen molar-refractivity contribution in [1.29, 1.82) is 0 Å². The first-order chi connectivity index (χ1) is 5.65. The van der Waals surface area contributed by atoms with Crippen LogP contribution in [0, 0.1) is 18.6 Å². The Morgan fingerprint density at radius 1 is 1.33 bits per heavy atom. The van der Waals surface area contributed by atoms with Crippen molar-refractivity contribution in [2.45, 2.75) is 13.3 Å². The fourth-order valence-corrected chi connectivity index (χ4v) is 1.13. The van der Waals surface area contributed by atoms with Crippen LogP contribution in [0.5, 0.6) is 0 Å². The number of hydrogen-bond donors (Lipinski definition) is 1. The molecule has 0 saturated heterocycles. The summed E-state index contributed by atoms with van der Waals surface area (Å²) in [5, 5.41) is 0. The van der Waals surface area contributed by atoms with E-state index in [-0.39, 0.29) is 0 Å². The Labute approximate surface area is 70.2 Å². The van der Waals surface area contributed by atoms with Gasteiger partial charge in [0.2, 0.25) is 0 Å². The second-order valence-corrected chi connectivity index (χ2v) is 2.76. The van der Waals surface area contributed by atoms with Crippen LogP contribution in [0.15, 0.2) is 12.1 Å². The highest BCUT2D eigenvalue weighted by Crippen LogP contribution is 2.14. The smallest absolute Gasteiger partial charge is 0.162 e. The molecule has 0 heterocycles. The van der Waals surface area contributed by atoms with Crippen LogP contribution in [-0.2, 0) is 6.42 Å². The highest BCUT2D eigenvalue weighted by atomic mass is 19.2. The van der Waals surface area contributed by atoms with Crippen molar-refractivity contribution in [2.75, 3.05) is 6.54 Å². The first-order valence-electron chi connectivity index (χ1n) is 3.79. The van der Waals surface area contributed by atoms with Crippen molar-refractivity contribution in [1.82, 2.24) is 0 Å². The second-order valence-electron chi connectivity index (χ2n) is 2.76. The molecule has 0 unspecified atom stereocenters. The van der Waals surface area contributed by atoms with Crippen LogP contribution in [0.1, 0.15) is 11.1 Å². The molecule has 0 amide bonds. The third-order valence-corrected chi connectivity index (χ3v) is 1.66. The SMILES string of the molecule is Cc1cc(F)c(F)c(CCN)c1. The summed E-state index contributed by atoms with van der Waals surface area (Å²) in [6.45, 7) is 2.06. The van der Waals surface area contributed by atoms with Gasteiger partial charge in [-0.15, -0.1) is 0 Å². The summed E-state index contributed by atoms with van der Waals surface area (Å²) < 4.78 is 25.7. The molecule has 0 aliphatic heterocycles. The molecule has 12 heavy (non-hydrogen) atoms. The van der Waals surface area contributed by atoms with Gasteiger partial charge in [0, 0.05) is 0 Å². The number of aryl methyl sites for hydroxylation is 1. The molecule has 0 aromatic heterocycles. The standard InChI is InChI=1S/C9H11F2N/c1-6-4-7(2-3-12)9(11)8(10)5-6/h4-5H,2-3,12H2,1H3. The Bertz CT molecular complexity index is 284. The zero-order valence-corrected chi connectivity index (χ0v) is 6.90. The first kappa shape index (κ1) is 9.13. The maximum Gasteiger partial charge on any atom is 0.162 e. The Morgan fingerprint density at radius 3 is 2.58 bits per heavy atom. The minimum Gasteiger partial charge on any atom is -0.330 e. The molecule has 0 aliphatic carbocycles. The number of halogens is 2. The van der Waals surface area contributed by atoms with E-state index >= 15 is 0 Å². The molecule has 3 heteroatoms. The lowest BCUT2D eigenvalue weighted by Gasteiger charge is -2.03. The topological polar surface area (TPSA) is 26.0 Å². The van der Waals surface area contributed by atoms with Gasteiger partial charge in [-0.2, -0.15) is 0 Å². The van der Waals surface area contributed by atoms with Crippen molar-refractivity contribution in [3.8, 4) is 0 Å². The average Bonchev–Trinajstić information content (AvgIpc) is 2.00. The van der Waals surface area contributed by atoms with E-state index in [4.69, 9.17) is 5.73 Å². The monoisotopic (exact) mass is 171 g/mol. The van der Waals surface area contributed by atoms with Gasteiger partial charge in [0.15, 0.2) is 11.6 Å². The first-order valence-corrected chi connectivity index (χ1v) is 3.79. The number of nitrogens with two attached hydrogens (primary N) is 1. The third-order valence-electron chi connectivity index (χ3n) is 1.66. The summed E-state index contributed by atoms with van der Waals surface area (Å²) in [5.74, 6) is -1.57. The Hall–Kier alpha value is -0.960. The second kappa shape index (κ2) is 3.63. The summed E-state index contributed by atoms with van der Waals surface area (Å²) in [6.07, 6.45) is 0.379. The lowest BCUT2D eigenvalue weighted by atomic mass is 10.1. The third kappa shape index (κ3) is 1.80. The van der Waals surface area contributed by atoms with E-state index in [1.807, 2.05) is 0 Å². The van der Waals surface area contributed by atoms with Gasteiger partial charge in [0.1, 0.15) is 0 Å². The molecule has 1 rings (SSSR count). The zero-order valence-electron chi connectivity index (χ0n) is 6.90. The van der Waals surface area contributed by atoms with Crippen molar-refractivity contribution < 1.29 is 8.78 Å². The fourth-order valence-electron chi connectivity index (χ4n) is 1.13. The molecule has 0 saturated carbocycles. The molecule has 0 spiro atoms. The lowest BCUT2D eigenvalue weighted by Crippen LogP contribution is -2.06. The van der Waals surface area contributed by atoms with Crippen LogP contribution in [0.3, 0.4) is 0 Å².